The highest BCUT2D eigenvalue weighted by Crippen LogP contribution is 2.19. The quantitative estimate of drug-likeness (QED) is 0.878. The van der Waals surface area contributed by atoms with Crippen LogP contribution in [-0.2, 0) is 11.2 Å². The zero-order valence-corrected chi connectivity index (χ0v) is 13.8. The largest absolute Gasteiger partial charge is 0.444 e. The summed E-state index contributed by atoms with van der Waals surface area (Å²) >= 11 is 0. The van der Waals surface area contributed by atoms with E-state index in [1.165, 1.54) is 0 Å². The molecular formula is C17H27N3O2. The molecule has 1 aromatic heterocycles. The lowest BCUT2D eigenvalue weighted by Crippen LogP contribution is -2.39. The van der Waals surface area contributed by atoms with Gasteiger partial charge in [-0.15, -0.1) is 0 Å². The summed E-state index contributed by atoms with van der Waals surface area (Å²) in [4.78, 5) is 16.1. The van der Waals surface area contributed by atoms with E-state index in [0.717, 1.165) is 37.9 Å². The van der Waals surface area contributed by atoms with Gasteiger partial charge < -0.3 is 15.4 Å². The highest BCUT2D eigenvalue weighted by molar-refractivity contribution is 5.68. The number of ether oxygens (including phenoxy) is 1. The molecule has 1 saturated carbocycles. The molecule has 5 heteroatoms. The molecule has 2 unspecified atom stereocenters. The SMILES string of the molecule is CC(C)(C)OC(=O)NC1CCC(NCCc2ccccn2)C1. The lowest BCUT2D eigenvalue weighted by molar-refractivity contribution is 0.0505. The Balaban J connectivity index is 1.64. The first-order valence-corrected chi connectivity index (χ1v) is 8.05. The second-order valence-electron chi connectivity index (χ2n) is 6.88. The van der Waals surface area contributed by atoms with Crippen molar-refractivity contribution in [3.8, 4) is 0 Å². The number of rotatable bonds is 5. The Morgan fingerprint density at radius 1 is 1.32 bits per heavy atom. The second kappa shape index (κ2) is 7.58. The first-order valence-electron chi connectivity index (χ1n) is 8.05. The van der Waals surface area contributed by atoms with Crippen LogP contribution in [0, 0.1) is 0 Å². The predicted octanol–water partition coefficient (Wildman–Crippen LogP) is 2.66. The van der Waals surface area contributed by atoms with Gasteiger partial charge in [-0.2, -0.15) is 0 Å². The van der Waals surface area contributed by atoms with Crippen molar-refractivity contribution in [2.45, 2.75) is 64.1 Å². The summed E-state index contributed by atoms with van der Waals surface area (Å²) in [6.45, 7) is 6.55. The third kappa shape index (κ3) is 6.02. The van der Waals surface area contributed by atoms with Crippen molar-refractivity contribution in [1.29, 1.82) is 0 Å². The monoisotopic (exact) mass is 305 g/mol. The number of hydrogen-bond acceptors (Lipinski definition) is 4. The van der Waals surface area contributed by atoms with Gasteiger partial charge in [0.25, 0.3) is 0 Å². The van der Waals surface area contributed by atoms with Crippen molar-refractivity contribution in [1.82, 2.24) is 15.6 Å². The van der Waals surface area contributed by atoms with E-state index >= 15 is 0 Å². The van der Waals surface area contributed by atoms with Gasteiger partial charge in [-0.3, -0.25) is 4.98 Å². The molecular weight excluding hydrogens is 278 g/mol. The van der Waals surface area contributed by atoms with Crippen LogP contribution >= 0.6 is 0 Å². The summed E-state index contributed by atoms with van der Waals surface area (Å²) in [5, 5.41) is 6.51. The Morgan fingerprint density at radius 2 is 2.09 bits per heavy atom. The third-order valence-corrected chi connectivity index (χ3v) is 3.69. The standard InChI is InChI=1S/C17H27N3O2/c1-17(2,3)22-16(21)20-15-8-7-14(12-15)19-11-9-13-6-4-5-10-18-13/h4-6,10,14-15,19H,7-9,11-12H2,1-3H3,(H,20,21). The zero-order chi connectivity index (χ0) is 16.0. The maximum absolute atomic E-state index is 11.8. The van der Waals surface area contributed by atoms with E-state index < -0.39 is 5.60 Å². The molecule has 2 atom stereocenters. The second-order valence-corrected chi connectivity index (χ2v) is 6.88. The summed E-state index contributed by atoms with van der Waals surface area (Å²) in [6, 6.07) is 6.66. The minimum Gasteiger partial charge on any atom is -0.444 e. The Kier molecular flexibility index (Phi) is 5.77. The van der Waals surface area contributed by atoms with E-state index in [0.29, 0.717) is 6.04 Å². The minimum atomic E-state index is -0.441. The first-order chi connectivity index (χ1) is 10.4. The van der Waals surface area contributed by atoms with Crippen LogP contribution in [0.3, 0.4) is 0 Å². The Bertz CT molecular complexity index is 471. The van der Waals surface area contributed by atoms with Crippen LogP contribution in [0.2, 0.25) is 0 Å². The van der Waals surface area contributed by atoms with Gasteiger partial charge in [0.2, 0.25) is 0 Å². The normalized spacial score (nSPS) is 21.6. The fourth-order valence-electron chi connectivity index (χ4n) is 2.72. The number of aromatic nitrogens is 1. The van der Waals surface area contributed by atoms with Crippen LogP contribution in [0.25, 0.3) is 0 Å². The predicted molar refractivity (Wildman–Crippen MR) is 86.7 cm³/mol. The number of alkyl carbamates (subject to hydrolysis) is 1. The zero-order valence-electron chi connectivity index (χ0n) is 13.8. The lowest BCUT2D eigenvalue weighted by atomic mass is 10.2. The molecule has 1 aliphatic carbocycles. The smallest absolute Gasteiger partial charge is 0.407 e. The Hall–Kier alpha value is -1.62. The van der Waals surface area contributed by atoms with Gasteiger partial charge in [-0.1, -0.05) is 6.07 Å². The summed E-state index contributed by atoms with van der Waals surface area (Å²) in [7, 11) is 0. The number of hydrogen-bond donors (Lipinski definition) is 2. The molecule has 0 aromatic carbocycles. The van der Waals surface area contributed by atoms with E-state index in [1.54, 1.807) is 0 Å². The summed E-state index contributed by atoms with van der Waals surface area (Å²) < 4.78 is 5.30. The number of nitrogens with zero attached hydrogens (tertiary/aromatic N) is 1. The topological polar surface area (TPSA) is 63.2 Å². The third-order valence-electron chi connectivity index (χ3n) is 3.69. The van der Waals surface area contributed by atoms with Gasteiger partial charge in [0.05, 0.1) is 0 Å². The minimum absolute atomic E-state index is 0.210. The average molecular weight is 305 g/mol. The molecule has 5 nitrogen and oxygen atoms in total. The maximum Gasteiger partial charge on any atom is 0.407 e. The highest BCUT2D eigenvalue weighted by Gasteiger charge is 2.27. The van der Waals surface area contributed by atoms with E-state index in [1.807, 2.05) is 45.2 Å². The molecule has 0 saturated heterocycles. The van der Waals surface area contributed by atoms with Gasteiger partial charge >= 0.3 is 6.09 Å². The van der Waals surface area contributed by atoms with E-state index in [2.05, 4.69) is 15.6 Å². The van der Waals surface area contributed by atoms with Crippen LogP contribution in [-0.4, -0.2) is 35.3 Å². The number of pyridine rings is 1. The summed E-state index contributed by atoms with van der Waals surface area (Å²) in [5.74, 6) is 0. The van der Waals surface area contributed by atoms with Gasteiger partial charge in [0, 0.05) is 36.9 Å². The van der Waals surface area contributed by atoms with Crippen molar-refractivity contribution in [2.75, 3.05) is 6.54 Å². The van der Waals surface area contributed by atoms with Crippen LogP contribution in [0.4, 0.5) is 4.79 Å². The molecule has 122 valence electrons. The molecule has 0 aliphatic heterocycles. The molecule has 0 spiro atoms. The van der Waals surface area contributed by atoms with Gasteiger partial charge in [-0.25, -0.2) is 4.79 Å². The van der Waals surface area contributed by atoms with Crippen molar-refractivity contribution >= 4 is 6.09 Å². The van der Waals surface area contributed by atoms with Crippen LogP contribution < -0.4 is 10.6 Å². The molecule has 22 heavy (non-hydrogen) atoms. The average Bonchev–Trinajstić information content (AvgIpc) is 2.85. The molecule has 2 N–H and O–H groups in total. The maximum atomic E-state index is 11.8. The molecule has 1 fully saturated rings. The number of amides is 1. The van der Waals surface area contributed by atoms with Gasteiger partial charge in [0.15, 0.2) is 0 Å². The number of carbonyl (C=O) groups is 1. The Morgan fingerprint density at radius 3 is 2.77 bits per heavy atom. The van der Waals surface area contributed by atoms with Crippen LogP contribution in [0.15, 0.2) is 24.4 Å². The van der Waals surface area contributed by atoms with Crippen LogP contribution in [0.1, 0.15) is 45.7 Å². The lowest BCUT2D eigenvalue weighted by Gasteiger charge is -2.21. The van der Waals surface area contributed by atoms with E-state index in [-0.39, 0.29) is 12.1 Å². The van der Waals surface area contributed by atoms with Crippen molar-refractivity contribution < 1.29 is 9.53 Å². The van der Waals surface area contributed by atoms with Gasteiger partial charge in [-0.05, 0) is 52.2 Å². The molecule has 1 heterocycles. The molecule has 0 radical (unpaired) electrons. The van der Waals surface area contributed by atoms with Crippen molar-refractivity contribution in [2.24, 2.45) is 0 Å². The molecule has 1 aromatic rings. The Labute approximate surface area is 132 Å². The number of carbonyl (C=O) groups excluding carboxylic acids is 1. The first kappa shape index (κ1) is 16.7. The molecule has 0 bridgehead atoms. The van der Waals surface area contributed by atoms with Crippen molar-refractivity contribution in [3.05, 3.63) is 30.1 Å². The molecule has 1 aliphatic rings. The molecule has 1 amide bonds. The van der Waals surface area contributed by atoms with Crippen molar-refractivity contribution in [3.63, 3.8) is 0 Å². The van der Waals surface area contributed by atoms with E-state index in [9.17, 15) is 4.79 Å². The van der Waals surface area contributed by atoms with E-state index in [4.69, 9.17) is 4.74 Å². The van der Waals surface area contributed by atoms with Crippen LogP contribution in [0.5, 0.6) is 0 Å². The highest BCUT2D eigenvalue weighted by atomic mass is 16.6. The van der Waals surface area contributed by atoms with Gasteiger partial charge in [0.1, 0.15) is 5.60 Å². The summed E-state index contributed by atoms with van der Waals surface area (Å²) in [5.41, 5.74) is 0.666. The summed E-state index contributed by atoms with van der Waals surface area (Å²) in [6.07, 6.45) is 5.49. The fraction of sp³-hybridized carbons (Fsp3) is 0.647. The molecule has 2 rings (SSSR count). The fourth-order valence-corrected chi connectivity index (χ4v) is 2.72. The number of nitrogens with one attached hydrogen (secondary N) is 2.